The summed E-state index contributed by atoms with van der Waals surface area (Å²) in [6, 6.07) is 7.78. The van der Waals surface area contributed by atoms with Gasteiger partial charge in [-0.15, -0.1) is 0 Å². The maximum absolute atomic E-state index is 12.4. The zero-order valence-corrected chi connectivity index (χ0v) is 9.57. The zero-order chi connectivity index (χ0) is 11.7. The van der Waals surface area contributed by atoms with Gasteiger partial charge in [0.2, 0.25) is 0 Å². The Labute approximate surface area is 99.6 Å². The van der Waals surface area contributed by atoms with Gasteiger partial charge in [0.1, 0.15) is 0 Å². The number of hydrogen-bond acceptors (Lipinski definition) is 2. The number of amides is 1. The molecule has 0 unspecified atom stereocenters. The maximum atomic E-state index is 12.4. The third-order valence-electron chi connectivity index (χ3n) is 3.23. The normalized spacial score (nSPS) is 16.4. The Hall–Kier alpha value is -1.81. The number of fused-ring (bicyclic) bond motifs is 1. The summed E-state index contributed by atoms with van der Waals surface area (Å²) in [5, 5.41) is 4.26. The number of carbonyl (C=O) groups is 1. The van der Waals surface area contributed by atoms with Crippen molar-refractivity contribution in [2.45, 2.75) is 0 Å². The topological polar surface area (TPSA) is 48.1 Å². The van der Waals surface area contributed by atoms with E-state index in [1.165, 1.54) is 0 Å². The van der Waals surface area contributed by atoms with Crippen LogP contribution in [0.1, 0.15) is 10.4 Å². The first-order valence-corrected chi connectivity index (χ1v) is 5.92. The molecule has 1 aromatic heterocycles. The summed E-state index contributed by atoms with van der Waals surface area (Å²) in [6.45, 7) is 3.35. The lowest BCUT2D eigenvalue weighted by Crippen LogP contribution is -2.46. The van der Waals surface area contributed by atoms with E-state index in [1.54, 1.807) is 0 Å². The molecule has 2 N–H and O–H groups in total. The fraction of sp³-hybridized carbons (Fsp3) is 0.308. The van der Waals surface area contributed by atoms with Gasteiger partial charge in [0, 0.05) is 48.8 Å². The van der Waals surface area contributed by atoms with Gasteiger partial charge in [-0.05, 0) is 18.2 Å². The third kappa shape index (κ3) is 1.80. The lowest BCUT2D eigenvalue weighted by molar-refractivity contribution is 0.0738. The number of rotatable bonds is 1. The van der Waals surface area contributed by atoms with Crippen LogP contribution < -0.4 is 5.32 Å². The van der Waals surface area contributed by atoms with Crippen LogP contribution in [0, 0.1) is 0 Å². The van der Waals surface area contributed by atoms with Gasteiger partial charge < -0.3 is 15.2 Å². The Morgan fingerprint density at radius 3 is 2.82 bits per heavy atom. The summed E-state index contributed by atoms with van der Waals surface area (Å²) >= 11 is 0. The summed E-state index contributed by atoms with van der Waals surface area (Å²) in [4.78, 5) is 17.4. The van der Waals surface area contributed by atoms with Gasteiger partial charge in [0.15, 0.2) is 0 Å². The van der Waals surface area contributed by atoms with Gasteiger partial charge in [-0.1, -0.05) is 6.07 Å². The second kappa shape index (κ2) is 4.22. The van der Waals surface area contributed by atoms with Gasteiger partial charge in [0.25, 0.3) is 5.91 Å². The molecule has 2 aromatic rings. The van der Waals surface area contributed by atoms with Gasteiger partial charge >= 0.3 is 0 Å². The number of benzene rings is 1. The summed E-state index contributed by atoms with van der Waals surface area (Å²) in [6.07, 6.45) is 1.87. The second-order valence-electron chi connectivity index (χ2n) is 4.29. The van der Waals surface area contributed by atoms with E-state index in [-0.39, 0.29) is 5.91 Å². The predicted molar refractivity (Wildman–Crippen MR) is 67.1 cm³/mol. The molecule has 4 heteroatoms. The molecule has 88 valence electrons. The fourth-order valence-corrected chi connectivity index (χ4v) is 2.31. The van der Waals surface area contributed by atoms with E-state index in [0.717, 1.165) is 42.6 Å². The van der Waals surface area contributed by atoms with E-state index in [0.29, 0.717) is 0 Å². The van der Waals surface area contributed by atoms with Crippen molar-refractivity contribution in [3.05, 3.63) is 36.0 Å². The van der Waals surface area contributed by atoms with Crippen LogP contribution in [0.4, 0.5) is 0 Å². The van der Waals surface area contributed by atoms with Crippen molar-refractivity contribution in [2.75, 3.05) is 26.2 Å². The van der Waals surface area contributed by atoms with Crippen LogP contribution in [-0.2, 0) is 0 Å². The Morgan fingerprint density at radius 1 is 1.18 bits per heavy atom. The minimum Gasteiger partial charge on any atom is -0.361 e. The molecular formula is C13H15N3O. The monoisotopic (exact) mass is 229 g/mol. The summed E-state index contributed by atoms with van der Waals surface area (Å²) in [5.41, 5.74) is 1.82. The highest BCUT2D eigenvalue weighted by atomic mass is 16.2. The second-order valence-corrected chi connectivity index (χ2v) is 4.29. The van der Waals surface area contributed by atoms with Gasteiger partial charge in [0.05, 0.1) is 0 Å². The first kappa shape index (κ1) is 10.4. The standard InChI is InChI=1S/C13H15N3O/c17-13(16-8-6-14-7-9-16)11-2-1-3-12-10(11)4-5-15-12/h1-5,14-15H,6-9H2. The zero-order valence-electron chi connectivity index (χ0n) is 9.57. The quantitative estimate of drug-likeness (QED) is 0.772. The van der Waals surface area contributed by atoms with Gasteiger partial charge in [-0.25, -0.2) is 0 Å². The average Bonchev–Trinajstić information content (AvgIpc) is 2.87. The molecule has 0 atom stereocenters. The molecule has 0 spiro atoms. The molecule has 1 fully saturated rings. The fourth-order valence-electron chi connectivity index (χ4n) is 2.31. The van der Waals surface area contributed by atoms with Gasteiger partial charge in [-0.2, -0.15) is 0 Å². The van der Waals surface area contributed by atoms with Crippen LogP contribution in [0.25, 0.3) is 10.9 Å². The highest BCUT2D eigenvalue weighted by Crippen LogP contribution is 2.19. The lowest BCUT2D eigenvalue weighted by atomic mass is 10.1. The maximum Gasteiger partial charge on any atom is 0.254 e. The van der Waals surface area contributed by atoms with Crippen molar-refractivity contribution in [3.63, 3.8) is 0 Å². The molecule has 1 aliphatic heterocycles. The number of nitrogens with one attached hydrogen (secondary N) is 2. The number of hydrogen-bond donors (Lipinski definition) is 2. The highest BCUT2D eigenvalue weighted by molar-refractivity contribution is 6.06. The molecule has 2 heterocycles. The number of nitrogens with zero attached hydrogens (tertiary/aromatic N) is 1. The molecular weight excluding hydrogens is 214 g/mol. The highest BCUT2D eigenvalue weighted by Gasteiger charge is 2.19. The van der Waals surface area contributed by atoms with E-state index in [4.69, 9.17) is 0 Å². The smallest absolute Gasteiger partial charge is 0.254 e. The van der Waals surface area contributed by atoms with E-state index in [9.17, 15) is 4.79 Å². The predicted octanol–water partition coefficient (Wildman–Crippen LogP) is 1.21. The minimum absolute atomic E-state index is 0.136. The molecule has 1 amide bonds. The number of carbonyl (C=O) groups excluding carboxylic acids is 1. The number of aromatic nitrogens is 1. The van der Waals surface area contributed by atoms with E-state index < -0.39 is 0 Å². The van der Waals surface area contributed by atoms with Gasteiger partial charge in [-0.3, -0.25) is 4.79 Å². The molecule has 0 radical (unpaired) electrons. The van der Waals surface area contributed by atoms with Crippen molar-refractivity contribution in [2.24, 2.45) is 0 Å². The molecule has 0 aliphatic carbocycles. The lowest BCUT2D eigenvalue weighted by Gasteiger charge is -2.27. The molecule has 0 saturated carbocycles. The Kier molecular flexibility index (Phi) is 2.57. The molecule has 3 rings (SSSR count). The summed E-state index contributed by atoms with van der Waals surface area (Å²) in [5.74, 6) is 0.136. The third-order valence-corrected chi connectivity index (χ3v) is 3.23. The first-order valence-electron chi connectivity index (χ1n) is 5.92. The SMILES string of the molecule is O=C(c1cccc2[nH]ccc12)N1CCNCC1. The van der Waals surface area contributed by atoms with Crippen molar-refractivity contribution in [3.8, 4) is 0 Å². The van der Waals surface area contributed by atoms with Crippen molar-refractivity contribution < 1.29 is 4.79 Å². The Bertz CT molecular complexity index is 540. The molecule has 4 nitrogen and oxygen atoms in total. The van der Waals surface area contributed by atoms with Crippen LogP contribution >= 0.6 is 0 Å². The molecule has 1 saturated heterocycles. The van der Waals surface area contributed by atoms with Crippen molar-refractivity contribution in [1.29, 1.82) is 0 Å². The van der Waals surface area contributed by atoms with E-state index in [1.807, 2.05) is 35.4 Å². The average molecular weight is 229 g/mol. The molecule has 1 aliphatic rings. The Morgan fingerprint density at radius 2 is 2.00 bits per heavy atom. The molecule has 17 heavy (non-hydrogen) atoms. The number of H-pyrrole nitrogens is 1. The minimum atomic E-state index is 0.136. The summed E-state index contributed by atoms with van der Waals surface area (Å²) in [7, 11) is 0. The molecule has 0 bridgehead atoms. The van der Waals surface area contributed by atoms with E-state index >= 15 is 0 Å². The van der Waals surface area contributed by atoms with Crippen LogP contribution in [0.5, 0.6) is 0 Å². The van der Waals surface area contributed by atoms with Crippen LogP contribution in [0.15, 0.2) is 30.5 Å². The summed E-state index contributed by atoms with van der Waals surface area (Å²) < 4.78 is 0. The Balaban J connectivity index is 1.97. The van der Waals surface area contributed by atoms with E-state index in [2.05, 4.69) is 10.3 Å². The van der Waals surface area contributed by atoms with Crippen molar-refractivity contribution >= 4 is 16.8 Å². The van der Waals surface area contributed by atoms with Crippen LogP contribution in [-0.4, -0.2) is 42.0 Å². The van der Waals surface area contributed by atoms with Crippen LogP contribution in [0.3, 0.4) is 0 Å². The number of aromatic amines is 1. The molecule has 1 aromatic carbocycles. The first-order chi connectivity index (χ1) is 8.36. The largest absolute Gasteiger partial charge is 0.361 e. The van der Waals surface area contributed by atoms with Crippen LogP contribution in [0.2, 0.25) is 0 Å². The van der Waals surface area contributed by atoms with Crippen molar-refractivity contribution in [1.82, 2.24) is 15.2 Å². The number of piperazine rings is 1.